The summed E-state index contributed by atoms with van der Waals surface area (Å²) >= 11 is 13.4. The van der Waals surface area contributed by atoms with E-state index in [4.69, 9.17) is 23.2 Å². The molecule has 0 amide bonds. The van der Waals surface area contributed by atoms with E-state index in [1.807, 2.05) is 54.7 Å². The van der Waals surface area contributed by atoms with E-state index in [0.717, 1.165) is 31.1 Å². The molecule has 4 heteroatoms. The smallest absolute Gasteiger partial charge is 0.123 e. The van der Waals surface area contributed by atoms with Crippen molar-refractivity contribution in [2.45, 2.75) is 0 Å². The third kappa shape index (κ3) is 2.81. The summed E-state index contributed by atoms with van der Waals surface area (Å²) in [5.41, 5.74) is 2.21. The molecular formula is C15H9Cl2NS. The highest BCUT2D eigenvalue weighted by Gasteiger charge is 2.06. The van der Waals surface area contributed by atoms with Crippen molar-refractivity contribution in [1.29, 1.82) is 0 Å². The summed E-state index contributed by atoms with van der Waals surface area (Å²) in [6.45, 7) is 0. The normalized spacial score (nSPS) is 10.6. The third-order valence-electron chi connectivity index (χ3n) is 2.73. The van der Waals surface area contributed by atoms with Crippen LogP contribution in [-0.2, 0) is 0 Å². The van der Waals surface area contributed by atoms with Gasteiger partial charge in [-0.15, -0.1) is 11.3 Å². The fraction of sp³-hybridized carbons (Fsp3) is 0. The molecule has 0 saturated heterocycles. The van der Waals surface area contributed by atoms with Gasteiger partial charge < -0.3 is 0 Å². The summed E-state index contributed by atoms with van der Waals surface area (Å²) in [6, 6.07) is 15.5. The largest absolute Gasteiger partial charge is 0.244 e. The zero-order valence-corrected chi connectivity index (χ0v) is 12.1. The lowest BCUT2D eigenvalue weighted by molar-refractivity contribution is 1.41. The minimum Gasteiger partial charge on any atom is -0.244 e. The van der Waals surface area contributed by atoms with Gasteiger partial charge in [-0.2, -0.15) is 0 Å². The summed E-state index contributed by atoms with van der Waals surface area (Å²) < 4.78 is 0. The summed E-state index contributed by atoms with van der Waals surface area (Å²) in [6.07, 6.45) is 1.89. The molecule has 0 unspecified atom stereocenters. The third-order valence-corrected chi connectivity index (χ3v) is 4.33. The zero-order chi connectivity index (χ0) is 13.2. The summed E-state index contributed by atoms with van der Waals surface area (Å²) in [7, 11) is 0. The van der Waals surface area contributed by atoms with Gasteiger partial charge >= 0.3 is 0 Å². The first-order chi connectivity index (χ1) is 9.22. The van der Waals surface area contributed by atoms with Crippen molar-refractivity contribution in [3.05, 3.63) is 64.8 Å². The fourth-order valence-corrected chi connectivity index (χ4v) is 2.93. The van der Waals surface area contributed by atoms with Gasteiger partial charge in [-0.1, -0.05) is 47.5 Å². The Morgan fingerprint density at radius 3 is 1.84 bits per heavy atom. The molecule has 0 aliphatic heterocycles. The number of hydrogen-bond donors (Lipinski definition) is 0. The predicted octanol–water partition coefficient (Wildman–Crippen LogP) is 5.78. The topological polar surface area (TPSA) is 12.9 Å². The lowest BCUT2D eigenvalue weighted by atomic mass is 10.2. The van der Waals surface area contributed by atoms with E-state index in [9.17, 15) is 0 Å². The van der Waals surface area contributed by atoms with Gasteiger partial charge in [-0.3, -0.25) is 0 Å². The Morgan fingerprint density at radius 2 is 1.26 bits per heavy atom. The van der Waals surface area contributed by atoms with Gasteiger partial charge in [0.05, 0.1) is 4.88 Å². The van der Waals surface area contributed by atoms with Crippen molar-refractivity contribution in [1.82, 2.24) is 4.98 Å². The number of rotatable bonds is 2. The maximum Gasteiger partial charge on any atom is 0.123 e. The van der Waals surface area contributed by atoms with Crippen LogP contribution in [0, 0.1) is 0 Å². The van der Waals surface area contributed by atoms with Crippen molar-refractivity contribution in [3.8, 4) is 21.0 Å². The van der Waals surface area contributed by atoms with E-state index in [2.05, 4.69) is 4.98 Å². The van der Waals surface area contributed by atoms with E-state index in [-0.39, 0.29) is 0 Å². The van der Waals surface area contributed by atoms with Crippen molar-refractivity contribution in [2.75, 3.05) is 0 Å². The van der Waals surface area contributed by atoms with E-state index in [1.54, 1.807) is 11.3 Å². The maximum atomic E-state index is 5.89. The van der Waals surface area contributed by atoms with Crippen LogP contribution in [-0.4, -0.2) is 4.98 Å². The molecule has 0 aliphatic rings. The SMILES string of the molecule is Clc1ccc(-c2cnc(-c3ccc(Cl)cc3)s2)cc1. The molecular weight excluding hydrogens is 297 g/mol. The monoisotopic (exact) mass is 305 g/mol. The zero-order valence-electron chi connectivity index (χ0n) is 9.81. The van der Waals surface area contributed by atoms with Crippen molar-refractivity contribution in [2.24, 2.45) is 0 Å². The summed E-state index contributed by atoms with van der Waals surface area (Å²) in [4.78, 5) is 5.58. The molecule has 0 bridgehead atoms. The van der Waals surface area contributed by atoms with Crippen LogP contribution in [0.25, 0.3) is 21.0 Å². The number of aromatic nitrogens is 1. The van der Waals surface area contributed by atoms with Crippen molar-refractivity contribution >= 4 is 34.5 Å². The highest BCUT2D eigenvalue weighted by Crippen LogP contribution is 2.32. The van der Waals surface area contributed by atoms with Crippen molar-refractivity contribution < 1.29 is 0 Å². The highest BCUT2D eigenvalue weighted by molar-refractivity contribution is 7.18. The van der Waals surface area contributed by atoms with Gasteiger partial charge in [-0.05, 0) is 29.8 Å². The van der Waals surface area contributed by atoms with Gasteiger partial charge in [-0.25, -0.2) is 4.98 Å². The van der Waals surface area contributed by atoms with E-state index in [0.29, 0.717) is 0 Å². The Labute approximate surface area is 125 Å². The van der Waals surface area contributed by atoms with Crippen LogP contribution in [0.3, 0.4) is 0 Å². The fourth-order valence-electron chi connectivity index (χ4n) is 1.75. The molecule has 0 spiro atoms. The Hall–Kier alpha value is -1.35. The predicted molar refractivity (Wildman–Crippen MR) is 83.0 cm³/mol. The molecule has 0 atom stereocenters. The van der Waals surface area contributed by atoms with Crippen molar-refractivity contribution in [3.63, 3.8) is 0 Å². The van der Waals surface area contributed by atoms with Crippen LogP contribution in [0.1, 0.15) is 0 Å². The second-order valence-electron chi connectivity index (χ2n) is 4.04. The van der Waals surface area contributed by atoms with Crippen LogP contribution in [0.4, 0.5) is 0 Å². The number of nitrogens with zero attached hydrogens (tertiary/aromatic N) is 1. The first-order valence-corrected chi connectivity index (χ1v) is 7.27. The number of halogens is 2. The van der Waals surface area contributed by atoms with Crippen LogP contribution in [0.15, 0.2) is 54.7 Å². The molecule has 1 nitrogen and oxygen atoms in total. The number of benzene rings is 2. The summed E-state index contributed by atoms with van der Waals surface area (Å²) in [5, 5.41) is 2.46. The average Bonchev–Trinajstić information content (AvgIpc) is 2.90. The molecule has 94 valence electrons. The van der Waals surface area contributed by atoms with Gasteiger partial charge in [0.15, 0.2) is 0 Å². The first kappa shape index (κ1) is 12.7. The minimum absolute atomic E-state index is 0.734. The number of thiazole rings is 1. The minimum atomic E-state index is 0.734. The average molecular weight is 306 g/mol. The van der Waals surface area contributed by atoms with E-state index >= 15 is 0 Å². The van der Waals surface area contributed by atoms with Gasteiger partial charge in [0, 0.05) is 21.8 Å². The number of hydrogen-bond acceptors (Lipinski definition) is 2. The molecule has 2 aromatic carbocycles. The standard InChI is InChI=1S/C15H9Cl2NS/c16-12-5-1-10(2-6-12)14-9-18-15(19-14)11-3-7-13(17)8-4-11/h1-9H. The lowest BCUT2D eigenvalue weighted by Crippen LogP contribution is -1.73. The first-order valence-electron chi connectivity index (χ1n) is 5.70. The molecule has 0 fully saturated rings. The van der Waals surface area contributed by atoms with Crippen LogP contribution < -0.4 is 0 Å². The van der Waals surface area contributed by atoms with Crippen LogP contribution in [0.5, 0.6) is 0 Å². The molecule has 0 N–H and O–H groups in total. The molecule has 19 heavy (non-hydrogen) atoms. The van der Waals surface area contributed by atoms with Gasteiger partial charge in [0.25, 0.3) is 0 Å². The Morgan fingerprint density at radius 1 is 0.737 bits per heavy atom. The molecule has 0 aliphatic carbocycles. The molecule has 0 radical (unpaired) electrons. The second-order valence-corrected chi connectivity index (χ2v) is 5.95. The molecule has 0 saturated carbocycles. The molecule has 3 aromatic rings. The molecule has 3 rings (SSSR count). The Balaban J connectivity index is 1.95. The maximum absolute atomic E-state index is 5.89. The van der Waals surface area contributed by atoms with Gasteiger partial charge in [0.2, 0.25) is 0 Å². The molecule has 1 heterocycles. The summed E-state index contributed by atoms with van der Waals surface area (Å²) in [5.74, 6) is 0. The van der Waals surface area contributed by atoms with E-state index < -0.39 is 0 Å². The van der Waals surface area contributed by atoms with Gasteiger partial charge in [0.1, 0.15) is 5.01 Å². The van der Waals surface area contributed by atoms with Crippen LogP contribution in [0.2, 0.25) is 10.0 Å². The molecule has 1 aromatic heterocycles. The van der Waals surface area contributed by atoms with E-state index in [1.165, 1.54) is 0 Å². The second kappa shape index (κ2) is 5.33. The highest BCUT2D eigenvalue weighted by atomic mass is 35.5. The Bertz CT molecular complexity index is 627. The lowest BCUT2D eigenvalue weighted by Gasteiger charge is -1.97. The quantitative estimate of drug-likeness (QED) is 0.584. The Kier molecular flexibility index (Phi) is 3.56. The van der Waals surface area contributed by atoms with Crippen LogP contribution >= 0.6 is 34.5 Å².